The van der Waals surface area contributed by atoms with Crippen molar-refractivity contribution in [3.63, 3.8) is 0 Å². The third-order valence-electron chi connectivity index (χ3n) is 6.02. The molecule has 13 heteroatoms. The largest absolute Gasteiger partial charge is 0.481 e. The second kappa shape index (κ2) is 11.7. The van der Waals surface area contributed by atoms with Gasteiger partial charge in [-0.15, -0.1) is 0 Å². The highest BCUT2D eigenvalue weighted by atomic mass is 32.2. The third-order valence-corrected chi connectivity index (χ3v) is 7.06. The summed E-state index contributed by atoms with van der Waals surface area (Å²) >= 11 is 1.43. The minimum absolute atomic E-state index is 0.0645. The number of amides is 2. The number of carbonyl (C=O) groups excluding carboxylic acids is 2. The Hall–Kier alpha value is -2.90. The molecule has 2 fully saturated rings. The van der Waals surface area contributed by atoms with Crippen LogP contribution in [0.2, 0.25) is 0 Å². The van der Waals surface area contributed by atoms with Crippen LogP contribution in [-0.4, -0.2) is 119 Å². The molecule has 4 heterocycles. The van der Waals surface area contributed by atoms with Gasteiger partial charge in [0, 0.05) is 46.3 Å². The zero-order valence-electron chi connectivity index (χ0n) is 20.3. The van der Waals surface area contributed by atoms with Crippen molar-refractivity contribution in [3.8, 4) is 11.8 Å². The lowest BCUT2D eigenvalue weighted by Gasteiger charge is -2.36. The lowest BCUT2D eigenvalue weighted by atomic mass is 10.2. The molecule has 2 amide bonds. The van der Waals surface area contributed by atoms with E-state index in [1.54, 1.807) is 16.8 Å². The molecule has 0 N–H and O–H groups in total. The molecule has 0 aromatic carbocycles. The normalized spacial score (nSPS) is 16.9. The SMILES string of the molecule is COc1cc(OC)nc(CSc2ncc(C(=O)N3CCN(CC(=O)N4CCOCC4)CC3)n2C)n1. The van der Waals surface area contributed by atoms with E-state index >= 15 is 0 Å². The van der Waals surface area contributed by atoms with Gasteiger partial charge in [-0.25, -0.2) is 4.98 Å². The highest BCUT2D eigenvalue weighted by molar-refractivity contribution is 7.98. The number of aromatic nitrogens is 4. The van der Waals surface area contributed by atoms with Crippen LogP contribution in [0.25, 0.3) is 0 Å². The van der Waals surface area contributed by atoms with Crippen LogP contribution in [0, 0.1) is 0 Å². The molecule has 2 aliphatic rings. The molecule has 2 aliphatic heterocycles. The molecule has 0 saturated carbocycles. The molecule has 0 bridgehead atoms. The van der Waals surface area contributed by atoms with Crippen molar-refractivity contribution < 1.29 is 23.8 Å². The number of ether oxygens (including phenoxy) is 3. The Labute approximate surface area is 208 Å². The van der Waals surface area contributed by atoms with Gasteiger partial charge in [0.05, 0.1) is 52.0 Å². The molecule has 35 heavy (non-hydrogen) atoms. The van der Waals surface area contributed by atoms with E-state index in [1.807, 2.05) is 16.8 Å². The summed E-state index contributed by atoms with van der Waals surface area (Å²) in [6.07, 6.45) is 1.60. The fraction of sp³-hybridized carbons (Fsp3) is 0.591. The highest BCUT2D eigenvalue weighted by Gasteiger charge is 2.27. The molecular formula is C22H31N7O5S. The van der Waals surface area contributed by atoms with Crippen molar-refractivity contribution in [1.29, 1.82) is 0 Å². The Balaban J connectivity index is 1.30. The van der Waals surface area contributed by atoms with Gasteiger partial charge in [0.1, 0.15) is 11.5 Å². The molecular weight excluding hydrogens is 474 g/mol. The van der Waals surface area contributed by atoms with Crippen molar-refractivity contribution in [3.05, 3.63) is 23.8 Å². The molecule has 4 rings (SSSR count). The van der Waals surface area contributed by atoms with E-state index in [-0.39, 0.29) is 11.8 Å². The van der Waals surface area contributed by atoms with Crippen LogP contribution in [0.5, 0.6) is 11.8 Å². The molecule has 12 nitrogen and oxygen atoms in total. The standard InChI is InChI=1S/C22H31N7O5S/c1-26-16(13-23-22(26)35-15-17-24-18(32-2)12-19(25-17)33-3)21(31)29-6-4-27(5-7-29)14-20(30)28-8-10-34-11-9-28/h12-13H,4-11,14-15H2,1-3H3. The van der Waals surface area contributed by atoms with Crippen LogP contribution in [0.15, 0.2) is 17.4 Å². The molecule has 2 aromatic heterocycles. The minimum atomic E-state index is -0.0645. The smallest absolute Gasteiger partial charge is 0.272 e. The van der Waals surface area contributed by atoms with Crippen LogP contribution in [-0.2, 0) is 22.3 Å². The van der Waals surface area contributed by atoms with Gasteiger partial charge >= 0.3 is 0 Å². The van der Waals surface area contributed by atoms with Gasteiger partial charge in [-0.1, -0.05) is 11.8 Å². The van der Waals surface area contributed by atoms with E-state index in [0.29, 0.717) is 93.2 Å². The molecule has 0 radical (unpaired) electrons. The number of hydrogen-bond donors (Lipinski definition) is 0. The number of piperazine rings is 1. The Morgan fingerprint density at radius 2 is 1.66 bits per heavy atom. The highest BCUT2D eigenvalue weighted by Crippen LogP contribution is 2.24. The summed E-state index contributed by atoms with van der Waals surface area (Å²) in [5.41, 5.74) is 0.523. The van der Waals surface area contributed by atoms with Gasteiger partial charge in [0.2, 0.25) is 17.7 Å². The Morgan fingerprint density at radius 3 is 2.29 bits per heavy atom. The molecule has 0 atom stereocenters. The predicted molar refractivity (Wildman–Crippen MR) is 128 cm³/mol. The molecule has 0 unspecified atom stereocenters. The lowest BCUT2D eigenvalue weighted by Crippen LogP contribution is -2.52. The number of hydrogen-bond acceptors (Lipinski definition) is 10. The number of nitrogens with zero attached hydrogens (tertiary/aromatic N) is 7. The maximum atomic E-state index is 13.1. The summed E-state index contributed by atoms with van der Waals surface area (Å²) < 4.78 is 17.5. The number of imidazole rings is 1. The number of morpholine rings is 1. The van der Waals surface area contributed by atoms with Crippen molar-refractivity contribution >= 4 is 23.6 Å². The van der Waals surface area contributed by atoms with E-state index in [0.717, 1.165) is 0 Å². The number of methoxy groups -OCH3 is 2. The van der Waals surface area contributed by atoms with Crippen molar-refractivity contribution in [2.75, 3.05) is 73.2 Å². The average molecular weight is 506 g/mol. The van der Waals surface area contributed by atoms with E-state index in [1.165, 1.54) is 26.0 Å². The second-order valence-corrected chi connectivity index (χ2v) is 9.15. The van der Waals surface area contributed by atoms with Crippen LogP contribution < -0.4 is 9.47 Å². The lowest BCUT2D eigenvalue weighted by molar-refractivity contribution is -0.136. The van der Waals surface area contributed by atoms with Crippen LogP contribution in [0.4, 0.5) is 0 Å². The summed E-state index contributed by atoms with van der Waals surface area (Å²) in [6, 6.07) is 1.62. The van der Waals surface area contributed by atoms with Crippen LogP contribution in [0.1, 0.15) is 16.3 Å². The fourth-order valence-corrected chi connectivity index (χ4v) is 4.76. The van der Waals surface area contributed by atoms with Gasteiger partial charge in [0.25, 0.3) is 5.91 Å². The summed E-state index contributed by atoms with van der Waals surface area (Å²) in [6.45, 7) is 5.34. The first-order chi connectivity index (χ1) is 17.0. The maximum Gasteiger partial charge on any atom is 0.272 e. The fourth-order valence-electron chi connectivity index (χ4n) is 3.95. The predicted octanol–water partition coefficient (Wildman–Crippen LogP) is 0.136. The van der Waals surface area contributed by atoms with E-state index in [2.05, 4.69) is 19.9 Å². The molecule has 0 spiro atoms. The van der Waals surface area contributed by atoms with Gasteiger partial charge in [0.15, 0.2) is 5.16 Å². The summed E-state index contributed by atoms with van der Waals surface area (Å²) in [4.78, 5) is 44.5. The molecule has 0 aliphatic carbocycles. The van der Waals surface area contributed by atoms with Crippen molar-refractivity contribution in [2.45, 2.75) is 10.9 Å². The van der Waals surface area contributed by atoms with Crippen molar-refractivity contribution in [2.24, 2.45) is 7.05 Å². The first kappa shape index (κ1) is 25.2. The molecule has 2 aromatic rings. The quantitative estimate of drug-likeness (QED) is 0.459. The monoisotopic (exact) mass is 505 g/mol. The van der Waals surface area contributed by atoms with Gasteiger partial charge < -0.3 is 28.6 Å². The third kappa shape index (κ3) is 6.21. The van der Waals surface area contributed by atoms with Gasteiger partial charge in [-0.2, -0.15) is 9.97 Å². The number of carbonyl (C=O) groups is 2. The molecule has 190 valence electrons. The average Bonchev–Trinajstić information content (AvgIpc) is 3.27. The number of rotatable bonds is 8. The van der Waals surface area contributed by atoms with Gasteiger partial charge in [-0.3, -0.25) is 14.5 Å². The van der Waals surface area contributed by atoms with E-state index in [4.69, 9.17) is 14.2 Å². The number of thioether (sulfide) groups is 1. The Kier molecular flexibility index (Phi) is 8.42. The van der Waals surface area contributed by atoms with Gasteiger partial charge in [-0.05, 0) is 0 Å². The first-order valence-corrected chi connectivity index (χ1v) is 12.4. The minimum Gasteiger partial charge on any atom is -0.481 e. The van der Waals surface area contributed by atoms with E-state index < -0.39 is 0 Å². The van der Waals surface area contributed by atoms with Crippen molar-refractivity contribution in [1.82, 2.24) is 34.2 Å². The second-order valence-electron chi connectivity index (χ2n) is 8.20. The Morgan fingerprint density at radius 1 is 1.00 bits per heavy atom. The topological polar surface area (TPSA) is 115 Å². The van der Waals surface area contributed by atoms with E-state index in [9.17, 15) is 9.59 Å². The summed E-state index contributed by atoms with van der Waals surface area (Å²) in [7, 11) is 4.90. The summed E-state index contributed by atoms with van der Waals surface area (Å²) in [5, 5.41) is 0.688. The molecule has 2 saturated heterocycles. The maximum absolute atomic E-state index is 13.1. The van der Waals surface area contributed by atoms with Crippen LogP contribution >= 0.6 is 11.8 Å². The zero-order chi connectivity index (χ0) is 24.8. The van der Waals surface area contributed by atoms with Crippen LogP contribution in [0.3, 0.4) is 0 Å². The zero-order valence-corrected chi connectivity index (χ0v) is 21.1. The first-order valence-electron chi connectivity index (χ1n) is 11.5. The Bertz CT molecular complexity index is 1010. The summed E-state index contributed by atoms with van der Waals surface area (Å²) in [5.74, 6) is 1.90.